The molecule has 2 heterocycles. The minimum atomic E-state index is -1.28. The number of β-lactam (4-membered cyclic amide) rings is 1. The van der Waals surface area contributed by atoms with E-state index in [2.05, 4.69) is 0 Å². The van der Waals surface area contributed by atoms with Gasteiger partial charge in [-0.1, -0.05) is 75.7 Å². The van der Waals surface area contributed by atoms with Crippen molar-refractivity contribution in [1.29, 1.82) is 0 Å². The lowest BCUT2D eigenvalue weighted by atomic mass is 9.86. The van der Waals surface area contributed by atoms with Crippen LogP contribution in [-0.4, -0.2) is 42.9 Å². The monoisotopic (exact) mass is 632 g/mol. The van der Waals surface area contributed by atoms with Gasteiger partial charge in [-0.3, -0.25) is 19.3 Å². The van der Waals surface area contributed by atoms with Gasteiger partial charge in [0.25, 0.3) is 17.7 Å². The number of imide groups is 1. The van der Waals surface area contributed by atoms with E-state index in [0.717, 1.165) is 4.90 Å². The summed E-state index contributed by atoms with van der Waals surface area (Å²) in [5.74, 6) is -1.41. The average Bonchev–Trinajstić information content (AvgIpc) is 3.13. The van der Waals surface area contributed by atoms with Crippen molar-refractivity contribution >= 4 is 93.0 Å². The molecule has 3 aromatic carbocycles. The maximum absolute atomic E-state index is 13.7. The number of nitrogens with zero attached hydrogens (tertiary/aromatic N) is 2. The van der Waals surface area contributed by atoms with Crippen molar-refractivity contribution in [2.24, 2.45) is 0 Å². The van der Waals surface area contributed by atoms with Gasteiger partial charge in [-0.25, -0.2) is 0 Å². The third-order valence-electron chi connectivity index (χ3n) is 6.35. The SMILES string of the molecule is COc1ccc([C@H]2[C@@H](N3C(=O)c4c(Cl)c(Cl)c(Cl)c(Cl)c4C3=O)C(=O)N2c2cc(Cl)cc(Cl)c2)cc1OC. The van der Waals surface area contributed by atoms with Crippen LogP contribution in [0.15, 0.2) is 36.4 Å². The van der Waals surface area contributed by atoms with Crippen molar-refractivity contribution in [2.45, 2.75) is 12.1 Å². The summed E-state index contributed by atoms with van der Waals surface area (Å²) in [5, 5.41) is -0.232. The molecule has 13 heteroatoms. The Balaban J connectivity index is 1.67. The Labute approximate surface area is 246 Å². The molecule has 1 saturated heterocycles. The second kappa shape index (κ2) is 9.97. The number of ether oxygens (including phenoxy) is 2. The lowest BCUT2D eigenvalue weighted by Gasteiger charge is -2.49. The molecule has 2 aliphatic heterocycles. The summed E-state index contributed by atoms with van der Waals surface area (Å²) in [6, 6.07) is 7.46. The molecule has 0 N–H and O–H groups in total. The van der Waals surface area contributed by atoms with Gasteiger partial charge in [0.15, 0.2) is 11.5 Å². The number of carbonyl (C=O) groups excluding carboxylic acids is 3. The maximum atomic E-state index is 13.7. The fourth-order valence-corrected chi connectivity index (χ4v) is 6.21. The fourth-order valence-electron chi connectivity index (χ4n) is 4.68. The van der Waals surface area contributed by atoms with Gasteiger partial charge in [-0.15, -0.1) is 0 Å². The lowest BCUT2D eigenvalue weighted by molar-refractivity contribution is -0.130. The average molecular weight is 635 g/mol. The fraction of sp³-hybridized carbons (Fsp3) is 0.160. The van der Waals surface area contributed by atoms with Crippen LogP contribution in [0.5, 0.6) is 11.5 Å². The maximum Gasteiger partial charge on any atom is 0.264 e. The van der Waals surface area contributed by atoms with Crippen molar-refractivity contribution in [2.75, 3.05) is 19.1 Å². The summed E-state index contributed by atoms with van der Waals surface area (Å²) in [4.78, 5) is 43.1. The van der Waals surface area contributed by atoms with Gasteiger partial charge in [-0.2, -0.15) is 0 Å². The third-order valence-corrected chi connectivity index (χ3v) is 8.59. The summed E-state index contributed by atoms with van der Waals surface area (Å²) >= 11 is 37.3. The normalized spacial score (nSPS) is 18.6. The van der Waals surface area contributed by atoms with E-state index in [1.165, 1.54) is 25.2 Å². The van der Waals surface area contributed by atoms with E-state index < -0.39 is 29.8 Å². The van der Waals surface area contributed by atoms with Crippen molar-refractivity contribution < 1.29 is 23.9 Å². The van der Waals surface area contributed by atoms with Crippen LogP contribution in [0.4, 0.5) is 5.69 Å². The van der Waals surface area contributed by atoms with E-state index in [1.54, 1.807) is 30.3 Å². The molecule has 0 bridgehead atoms. The molecule has 0 unspecified atom stereocenters. The molecule has 2 aliphatic rings. The van der Waals surface area contributed by atoms with Gasteiger partial charge in [0.1, 0.15) is 6.04 Å². The van der Waals surface area contributed by atoms with Gasteiger partial charge in [-0.05, 0) is 35.9 Å². The van der Waals surface area contributed by atoms with E-state index in [4.69, 9.17) is 79.1 Å². The first-order valence-electron chi connectivity index (χ1n) is 10.8. The molecule has 0 radical (unpaired) electrons. The Morgan fingerprint density at radius 2 is 1.16 bits per heavy atom. The van der Waals surface area contributed by atoms with E-state index in [0.29, 0.717) is 32.8 Å². The standard InChI is InChI=1S/C25H14Cl6N2O5/c1-37-13-4-3-9(5-14(13)38-2)21-22(25(36)32(21)12-7-10(26)6-11(27)8-12)33-23(34)15-16(24(33)35)18(29)20(31)19(30)17(15)28/h3-8,21-22H,1-2H3/t21-,22+/m0/s1. The second-order valence-corrected chi connectivity index (χ2v) is 10.7. The smallest absolute Gasteiger partial charge is 0.264 e. The zero-order chi connectivity index (χ0) is 27.6. The van der Waals surface area contributed by atoms with Gasteiger partial charge in [0, 0.05) is 15.7 Å². The van der Waals surface area contributed by atoms with Crippen molar-refractivity contribution in [3.8, 4) is 11.5 Å². The van der Waals surface area contributed by atoms with Crippen LogP contribution < -0.4 is 14.4 Å². The predicted octanol–water partition coefficient (Wildman–Crippen LogP) is 7.38. The number of anilines is 1. The Morgan fingerprint density at radius 1 is 0.632 bits per heavy atom. The number of methoxy groups -OCH3 is 2. The number of benzene rings is 3. The van der Waals surface area contributed by atoms with Crippen molar-refractivity contribution in [1.82, 2.24) is 4.90 Å². The van der Waals surface area contributed by atoms with E-state index in [1.807, 2.05) is 0 Å². The van der Waals surface area contributed by atoms with Crippen LogP contribution in [0.1, 0.15) is 32.3 Å². The van der Waals surface area contributed by atoms with Crippen LogP contribution in [0.25, 0.3) is 0 Å². The zero-order valence-corrected chi connectivity index (χ0v) is 23.9. The number of carbonyl (C=O) groups is 3. The van der Waals surface area contributed by atoms with Crippen molar-refractivity contribution in [3.63, 3.8) is 0 Å². The van der Waals surface area contributed by atoms with Gasteiger partial charge < -0.3 is 14.4 Å². The van der Waals surface area contributed by atoms with Crippen molar-refractivity contribution in [3.05, 3.63) is 83.2 Å². The van der Waals surface area contributed by atoms with Crippen LogP contribution in [0.3, 0.4) is 0 Å². The number of fused-ring (bicyclic) bond motifs is 1. The van der Waals surface area contributed by atoms with E-state index in [9.17, 15) is 14.4 Å². The number of amides is 3. The summed E-state index contributed by atoms with van der Waals surface area (Å²) in [7, 11) is 2.94. The summed E-state index contributed by atoms with van der Waals surface area (Å²) in [5.41, 5.74) is 0.453. The molecule has 5 rings (SSSR count). The minimum absolute atomic E-state index is 0.174. The summed E-state index contributed by atoms with van der Waals surface area (Å²) in [6.45, 7) is 0. The molecule has 2 atom stereocenters. The Bertz CT molecular complexity index is 1490. The number of halogens is 6. The lowest BCUT2D eigenvalue weighted by Crippen LogP contribution is -2.67. The van der Waals surface area contributed by atoms with Gasteiger partial charge >= 0.3 is 0 Å². The molecular weight excluding hydrogens is 621 g/mol. The minimum Gasteiger partial charge on any atom is -0.493 e. The largest absolute Gasteiger partial charge is 0.493 e. The quantitative estimate of drug-likeness (QED) is 0.127. The molecule has 0 spiro atoms. The van der Waals surface area contributed by atoms with E-state index in [-0.39, 0.29) is 31.2 Å². The molecule has 7 nitrogen and oxygen atoms in total. The molecule has 3 amide bonds. The molecule has 196 valence electrons. The first-order chi connectivity index (χ1) is 18.0. The Kier molecular flexibility index (Phi) is 7.14. The molecule has 0 aromatic heterocycles. The number of rotatable bonds is 5. The number of hydrogen-bond acceptors (Lipinski definition) is 5. The molecule has 0 aliphatic carbocycles. The highest BCUT2D eigenvalue weighted by Crippen LogP contribution is 2.50. The Hall–Kier alpha value is -2.39. The highest BCUT2D eigenvalue weighted by Gasteiger charge is 2.58. The first kappa shape index (κ1) is 27.2. The predicted molar refractivity (Wildman–Crippen MR) is 147 cm³/mol. The summed E-state index contributed by atoms with van der Waals surface area (Å²) in [6.07, 6.45) is 0. The highest BCUT2D eigenvalue weighted by atomic mass is 35.5. The topological polar surface area (TPSA) is 76.2 Å². The molecule has 0 saturated carbocycles. The second-order valence-electron chi connectivity index (χ2n) is 8.33. The summed E-state index contributed by atoms with van der Waals surface area (Å²) < 4.78 is 10.8. The molecule has 38 heavy (non-hydrogen) atoms. The number of hydrogen-bond donors (Lipinski definition) is 0. The van der Waals surface area contributed by atoms with Crippen LogP contribution in [0.2, 0.25) is 30.1 Å². The molecule has 1 fully saturated rings. The molecular formula is C25H14Cl6N2O5. The zero-order valence-electron chi connectivity index (χ0n) is 19.3. The van der Waals surface area contributed by atoms with Crippen LogP contribution in [-0.2, 0) is 4.79 Å². The van der Waals surface area contributed by atoms with Crippen LogP contribution in [0, 0.1) is 0 Å². The third kappa shape index (κ3) is 3.99. The Morgan fingerprint density at radius 3 is 1.66 bits per heavy atom. The first-order valence-corrected chi connectivity index (χ1v) is 13.0. The molecule has 3 aromatic rings. The highest BCUT2D eigenvalue weighted by molar-refractivity contribution is 6.55. The van der Waals surface area contributed by atoms with Gasteiger partial charge in [0.2, 0.25) is 0 Å². The van der Waals surface area contributed by atoms with E-state index >= 15 is 0 Å². The van der Waals surface area contributed by atoms with Crippen LogP contribution >= 0.6 is 69.6 Å². The van der Waals surface area contributed by atoms with Gasteiger partial charge in [0.05, 0.1) is 51.5 Å².